The van der Waals surface area contributed by atoms with E-state index in [1.54, 1.807) is 0 Å². The van der Waals surface area contributed by atoms with E-state index in [2.05, 4.69) is 57.9 Å². The molecule has 0 saturated carbocycles. The molecule has 1 saturated heterocycles. The molecule has 2 aliphatic rings. The van der Waals surface area contributed by atoms with Gasteiger partial charge in [0.05, 0.1) is 11.7 Å². The highest BCUT2D eigenvalue weighted by Crippen LogP contribution is 2.35. The van der Waals surface area contributed by atoms with Gasteiger partial charge in [0.25, 0.3) is 0 Å². The minimum Gasteiger partial charge on any atom is -0.473 e. The number of aromatic nitrogens is 4. The Morgan fingerprint density at radius 3 is 2.74 bits per heavy atom. The molecule has 6 rings (SSSR count). The molecule has 0 aliphatic carbocycles. The minimum atomic E-state index is 0.202. The van der Waals surface area contributed by atoms with Gasteiger partial charge in [-0.1, -0.05) is 30.3 Å². The van der Waals surface area contributed by atoms with Crippen LogP contribution in [0.15, 0.2) is 60.8 Å². The number of nitrogens with zero attached hydrogens (tertiary/aromatic N) is 5. The molecule has 156 valence electrons. The predicted octanol–water partition coefficient (Wildman–Crippen LogP) is 4.11. The Morgan fingerprint density at radius 2 is 1.90 bits per heavy atom. The molecule has 31 heavy (non-hydrogen) atoms. The molecule has 6 heteroatoms. The highest BCUT2D eigenvalue weighted by Gasteiger charge is 2.28. The van der Waals surface area contributed by atoms with Crippen molar-refractivity contribution in [2.45, 2.75) is 31.4 Å². The highest BCUT2D eigenvalue weighted by atomic mass is 16.5. The van der Waals surface area contributed by atoms with Gasteiger partial charge >= 0.3 is 0 Å². The molecule has 1 fully saturated rings. The molecule has 3 aromatic heterocycles. The molecule has 2 aliphatic heterocycles. The summed E-state index contributed by atoms with van der Waals surface area (Å²) in [7, 11) is 2.12. The van der Waals surface area contributed by atoms with Gasteiger partial charge in [0.15, 0.2) is 5.65 Å². The Labute approximate surface area is 181 Å². The van der Waals surface area contributed by atoms with Crippen LogP contribution in [0.2, 0.25) is 0 Å². The van der Waals surface area contributed by atoms with Gasteiger partial charge in [0, 0.05) is 37.3 Å². The third kappa shape index (κ3) is 3.37. The lowest BCUT2D eigenvalue weighted by atomic mass is 10.0. The zero-order valence-corrected chi connectivity index (χ0v) is 17.6. The quantitative estimate of drug-likeness (QED) is 0.506. The van der Waals surface area contributed by atoms with Gasteiger partial charge in [-0.25, -0.2) is 15.0 Å². The first-order valence-corrected chi connectivity index (χ1v) is 11.0. The number of hydrogen-bond donors (Lipinski definition) is 0. The Hall–Kier alpha value is -3.25. The number of imidazole rings is 1. The molecule has 2 atom stereocenters. The molecule has 0 radical (unpaired) electrons. The first-order chi connectivity index (χ1) is 15.2. The molecule has 1 unspecified atom stereocenters. The molecular formula is C25H25N5O. The van der Waals surface area contributed by atoms with Crippen molar-refractivity contribution < 1.29 is 4.74 Å². The summed E-state index contributed by atoms with van der Waals surface area (Å²) in [6.45, 7) is 2.01. The number of fused-ring (bicyclic) bond motifs is 3. The van der Waals surface area contributed by atoms with Crippen LogP contribution in [-0.2, 0) is 6.42 Å². The minimum absolute atomic E-state index is 0.202. The van der Waals surface area contributed by atoms with Crippen molar-refractivity contribution in [1.82, 2.24) is 24.4 Å². The van der Waals surface area contributed by atoms with Crippen molar-refractivity contribution in [1.29, 1.82) is 0 Å². The van der Waals surface area contributed by atoms with E-state index in [4.69, 9.17) is 14.7 Å². The van der Waals surface area contributed by atoms with E-state index >= 15 is 0 Å². The van der Waals surface area contributed by atoms with Crippen molar-refractivity contribution in [3.8, 4) is 17.1 Å². The fourth-order valence-corrected chi connectivity index (χ4v) is 4.87. The van der Waals surface area contributed by atoms with Crippen LogP contribution in [0.3, 0.4) is 0 Å². The van der Waals surface area contributed by atoms with Crippen molar-refractivity contribution in [2.24, 2.45) is 0 Å². The Bertz CT molecular complexity index is 1240. The Kier molecular flexibility index (Phi) is 4.46. The molecular weight excluding hydrogens is 386 g/mol. The molecule has 6 nitrogen and oxygen atoms in total. The van der Waals surface area contributed by atoms with Gasteiger partial charge in [0.2, 0.25) is 5.88 Å². The number of likely N-dealkylation sites (N-methyl/N-ethyl adjacent to an activating group) is 1. The number of rotatable bonds is 4. The number of hydrogen-bond acceptors (Lipinski definition) is 5. The molecule has 0 amide bonds. The maximum absolute atomic E-state index is 6.13. The van der Waals surface area contributed by atoms with E-state index in [0.29, 0.717) is 11.9 Å². The second kappa shape index (κ2) is 7.46. The summed E-state index contributed by atoms with van der Waals surface area (Å²) in [5.74, 6) is 1.79. The monoisotopic (exact) mass is 411 g/mol. The zero-order chi connectivity index (χ0) is 20.8. The predicted molar refractivity (Wildman–Crippen MR) is 120 cm³/mol. The third-order valence-corrected chi connectivity index (χ3v) is 6.41. The zero-order valence-electron chi connectivity index (χ0n) is 17.6. The fourth-order valence-electron chi connectivity index (χ4n) is 4.87. The van der Waals surface area contributed by atoms with Gasteiger partial charge in [0.1, 0.15) is 17.4 Å². The van der Waals surface area contributed by atoms with Crippen molar-refractivity contribution >= 4 is 11.2 Å². The number of likely N-dealkylation sites (tertiary alicyclic amines) is 1. The Morgan fingerprint density at radius 1 is 1.00 bits per heavy atom. The average molecular weight is 412 g/mol. The summed E-state index contributed by atoms with van der Waals surface area (Å²) in [6.07, 6.45) is 5.09. The fraction of sp³-hybridized carbons (Fsp3) is 0.320. The summed E-state index contributed by atoms with van der Waals surface area (Å²) < 4.78 is 8.45. The van der Waals surface area contributed by atoms with Crippen LogP contribution >= 0.6 is 0 Å². The van der Waals surface area contributed by atoms with Gasteiger partial charge in [-0.2, -0.15) is 0 Å². The van der Waals surface area contributed by atoms with Gasteiger partial charge in [-0.3, -0.25) is 0 Å². The van der Waals surface area contributed by atoms with Gasteiger partial charge < -0.3 is 14.2 Å². The molecule has 0 bridgehead atoms. The van der Waals surface area contributed by atoms with Gasteiger partial charge in [-0.15, -0.1) is 0 Å². The van der Waals surface area contributed by atoms with Crippen LogP contribution in [0.25, 0.3) is 22.4 Å². The SMILES string of the molecule is CN1CC[C@@H](Oc2cc(-c3ccc4nc5n(c4n3)C(c3ccccc3)CC5)ccn2)C1. The third-order valence-electron chi connectivity index (χ3n) is 6.41. The summed E-state index contributed by atoms with van der Waals surface area (Å²) >= 11 is 0. The average Bonchev–Trinajstić information content (AvgIpc) is 3.49. The van der Waals surface area contributed by atoms with E-state index in [1.165, 1.54) is 5.56 Å². The highest BCUT2D eigenvalue weighted by molar-refractivity contribution is 5.77. The number of benzene rings is 1. The first-order valence-electron chi connectivity index (χ1n) is 11.0. The van der Waals surface area contributed by atoms with Crippen molar-refractivity contribution in [2.75, 3.05) is 20.1 Å². The van der Waals surface area contributed by atoms with Crippen LogP contribution in [0.5, 0.6) is 5.88 Å². The maximum Gasteiger partial charge on any atom is 0.214 e. The molecule has 0 N–H and O–H groups in total. The van der Waals surface area contributed by atoms with E-state index in [-0.39, 0.29) is 6.10 Å². The largest absolute Gasteiger partial charge is 0.473 e. The van der Waals surface area contributed by atoms with E-state index in [9.17, 15) is 0 Å². The van der Waals surface area contributed by atoms with Crippen LogP contribution in [-0.4, -0.2) is 50.7 Å². The molecule has 5 heterocycles. The van der Waals surface area contributed by atoms with E-state index in [1.807, 2.05) is 24.4 Å². The summed E-state index contributed by atoms with van der Waals surface area (Å²) in [6, 6.07) is 19.1. The van der Waals surface area contributed by atoms with E-state index in [0.717, 1.165) is 60.6 Å². The van der Waals surface area contributed by atoms with Crippen LogP contribution < -0.4 is 4.74 Å². The summed E-state index contributed by atoms with van der Waals surface area (Å²) in [5.41, 5.74) is 5.16. The summed E-state index contributed by atoms with van der Waals surface area (Å²) in [4.78, 5) is 16.6. The number of aryl methyl sites for hydroxylation is 1. The van der Waals surface area contributed by atoms with Crippen LogP contribution in [0.1, 0.15) is 30.3 Å². The normalized spacial score (nSPS) is 20.9. The lowest BCUT2D eigenvalue weighted by molar-refractivity contribution is 0.200. The standard InChI is InChI=1S/C25H25N5O/c1-29-14-12-19(16-29)31-24-15-18(11-13-26-24)20-7-8-21-25(28-20)30-22(9-10-23(30)27-21)17-5-3-2-4-6-17/h2-8,11,13,15,19,22H,9-10,12,14,16H2,1H3/t19-,22?/m1/s1. The first kappa shape index (κ1) is 18.5. The molecule has 1 aromatic carbocycles. The molecule has 4 aromatic rings. The van der Waals surface area contributed by atoms with Crippen molar-refractivity contribution in [3.63, 3.8) is 0 Å². The smallest absolute Gasteiger partial charge is 0.214 e. The van der Waals surface area contributed by atoms with Crippen LogP contribution in [0.4, 0.5) is 0 Å². The number of ether oxygens (including phenoxy) is 1. The molecule has 0 spiro atoms. The summed E-state index contributed by atoms with van der Waals surface area (Å²) in [5, 5.41) is 0. The Balaban J connectivity index is 1.35. The lowest BCUT2D eigenvalue weighted by Crippen LogP contribution is -2.21. The second-order valence-electron chi connectivity index (χ2n) is 8.58. The van der Waals surface area contributed by atoms with Crippen molar-refractivity contribution in [3.05, 3.63) is 72.2 Å². The van der Waals surface area contributed by atoms with E-state index < -0.39 is 0 Å². The second-order valence-corrected chi connectivity index (χ2v) is 8.58. The van der Waals surface area contributed by atoms with Crippen LogP contribution in [0, 0.1) is 0 Å². The topological polar surface area (TPSA) is 56.1 Å². The number of pyridine rings is 2. The lowest BCUT2D eigenvalue weighted by Gasteiger charge is -2.15. The maximum atomic E-state index is 6.13. The van der Waals surface area contributed by atoms with Gasteiger partial charge in [-0.05, 0) is 43.7 Å².